The van der Waals surface area contributed by atoms with E-state index in [2.05, 4.69) is 6.07 Å². The van der Waals surface area contributed by atoms with E-state index in [4.69, 9.17) is 11.0 Å². The molecule has 3 heteroatoms. The summed E-state index contributed by atoms with van der Waals surface area (Å²) >= 11 is 0. The van der Waals surface area contributed by atoms with Crippen LogP contribution >= 0.6 is 12.4 Å². The molecule has 2 N–H and O–H groups in total. The molecule has 0 amide bonds. The predicted molar refractivity (Wildman–Crippen MR) is 68.3 cm³/mol. The summed E-state index contributed by atoms with van der Waals surface area (Å²) in [7, 11) is 0. The lowest BCUT2D eigenvalue weighted by molar-refractivity contribution is 1.48. The Balaban J connectivity index is 0.00000128. The highest BCUT2D eigenvalue weighted by molar-refractivity contribution is 5.85. The Morgan fingerprint density at radius 2 is 1.25 bits per heavy atom. The molecule has 0 aliphatic heterocycles. The summed E-state index contributed by atoms with van der Waals surface area (Å²) in [5, 5.41) is 8.67. The number of rotatable bonds is 1. The molecule has 2 aromatic rings. The lowest BCUT2D eigenvalue weighted by Gasteiger charge is -2.01. The van der Waals surface area contributed by atoms with Crippen LogP contribution in [-0.2, 0) is 0 Å². The Bertz CT molecular complexity index is 495. The molecule has 2 nitrogen and oxygen atoms in total. The van der Waals surface area contributed by atoms with Gasteiger partial charge in [-0.3, -0.25) is 0 Å². The predicted octanol–water partition coefficient (Wildman–Crippen LogP) is 3.23. The van der Waals surface area contributed by atoms with Crippen molar-refractivity contribution in [2.24, 2.45) is 0 Å². The molecule has 0 aliphatic rings. The standard InChI is InChI=1S/C13H10N2.ClH/c14-9-10-1-3-11(4-2-10)12-5-7-13(15)8-6-12;/h1-8H,15H2;1H. The number of hydrogen-bond acceptors (Lipinski definition) is 2. The maximum atomic E-state index is 8.67. The molecule has 2 rings (SSSR count). The fourth-order valence-corrected chi connectivity index (χ4v) is 1.41. The molecule has 0 spiro atoms. The lowest BCUT2D eigenvalue weighted by atomic mass is 10.0. The van der Waals surface area contributed by atoms with Gasteiger partial charge in [0.25, 0.3) is 0 Å². The van der Waals surface area contributed by atoms with Crippen LogP contribution < -0.4 is 5.73 Å². The summed E-state index contributed by atoms with van der Waals surface area (Å²) in [6, 6.07) is 17.3. The maximum absolute atomic E-state index is 8.67. The first-order valence-corrected chi connectivity index (χ1v) is 4.66. The molecule has 0 unspecified atom stereocenters. The van der Waals surface area contributed by atoms with Crippen molar-refractivity contribution in [2.75, 3.05) is 5.73 Å². The Morgan fingerprint density at radius 3 is 1.69 bits per heavy atom. The van der Waals surface area contributed by atoms with Gasteiger partial charge in [-0.05, 0) is 35.4 Å². The van der Waals surface area contributed by atoms with Gasteiger partial charge in [0.05, 0.1) is 11.6 Å². The molecular formula is C13H11ClN2. The third kappa shape index (κ3) is 2.53. The highest BCUT2D eigenvalue weighted by Gasteiger charge is 1.97. The molecule has 0 saturated heterocycles. The minimum atomic E-state index is 0. The van der Waals surface area contributed by atoms with Gasteiger partial charge in [-0.2, -0.15) is 5.26 Å². The zero-order valence-electron chi connectivity index (χ0n) is 8.55. The number of anilines is 1. The molecule has 0 atom stereocenters. The van der Waals surface area contributed by atoms with Crippen LogP contribution in [0.25, 0.3) is 11.1 Å². The van der Waals surface area contributed by atoms with Crippen molar-refractivity contribution < 1.29 is 0 Å². The lowest BCUT2D eigenvalue weighted by Crippen LogP contribution is -1.84. The number of nitrogens with two attached hydrogens (primary N) is 1. The van der Waals surface area contributed by atoms with Gasteiger partial charge in [-0.25, -0.2) is 0 Å². The third-order valence-electron chi connectivity index (χ3n) is 2.26. The first kappa shape index (κ1) is 12.1. The van der Waals surface area contributed by atoms with Crippen LogP contribution in [0.4, 0.5) is 5.69 Å². The topological polar surface area (TPSA) is 49.8 Å². The van der Waals surface area contributed by atoms with E-state index in [1.807, 2.05) is 48.5 Å². The van der Waals surface area contributed by atoms with Crippen molar-refractivity contribution in [3.8, 4) is 17.2 Å². The van der Waals surface area contributed by atoms with Crippen LogP contribution in [0.1, 0.15) is 5.56 Å². The van der Waals surface area contributed by atoms with Gasteiger partial charge in [0.1, 0.15) is 0 Å². The summed E-state index contributed by atoms with van der Waals surface area (Å²) in [6.45, 7) is 0. The van der Waals surface area contributed by atoms with E-state index in [1.165, 1.54) is 0 Å². The quantitative estimate of drug-likeness (QED) is 0.765. The fourth-order valence-electron chi connectivity index (χ4n) is 1.41. The minimum Gasteiger partial charge on any atom is -0.399 e. The number of benzene rings is 2. The number of nitriles is 1. The van der Waals surface area contributed by atoms with Crippen LogP contribution in [0.2, 0.25) is 0 Å². The normalized spacial score (nSPS) is 8.94. The van der Waals surface area contributed by atoms with Crippen LogP contribution in [0, 0.1) is 11.3 Å². The van der Waals surface area contributed by atoms with E-state index in [0.717, 1.165) is 16.8 Å². The molecule has 80 valence electrons. The van der Waals surface area contributed by atoms with Gasteiger partial charge < -0.3 is 5.73 Å². The van der Waals surface area contributed by atoms with Gasteiger partial charge in [0.15, 0.2) is 0 Å². The number of nitrogens with zero attached hydrogens (tertiary/aromatic N) is 1. The van der Waals surface area contributed by atoms with Crippen molar-refractivity contribution in [2.45, 2.75) is 0 Å². The number of halogens is 1. The Morgan fingerprint density at radius 1 is 0.812 bits per heavy atom. The fraction of sp³-hybridized carbons (Fsp3) is 0. The van der Waals surface area contributed by atoms with E-state index in [-0.39, 0.29) is 12.4 Å². The second-order valence-corrected chi connectivity index (χ2v) is 3.31. The molecule has 0 aromatic heterocycles. The van der Waals surface area contributed by atoms with E-state index in [0.29, 0.717) is 5.56 Å². The average Bonchev–Trinajstić information content (AvgIpc) is 2.30. The minimum absolute atomic E-state index is 0. The molecule has 0 saturated carbocycles. The monoisotopic (exact) mass is 230 g/mol. The van der Waals surface area contributed by atoms with Gasteiger partial charge >= 0.3 is 0 Å². The van der Waals surface area contributed by atoms with Crippen molar-refractivity contribution in [1.82, 2.24) is 0 Å². The van der Waals surface area contributed by atoms with E-state index in [9.17, 15) is 0 Å². The zero-order chi connectivity index (χ0) is 10.7. The molecule has 0 aliphatic carbocycles. The summed E-state index contributed by atoms with van der Waals surface area (Å²) < 4.78 is 0. The molecule has 0 radical (unpaired) electrons. The van der Waals surface area contributed by atoms with Crippen LogP contribution in [0.15, 0.2) is 48.5 Å². The Kier molecular flexibility index (Phi) is 3.93. The van der Waals surface area contributed by atoms with Crippen LogP contribution in [0.5, 0.6) is 0 Å². The van der Waals surface area contributed by atoms with Crippen molar-refractivity contribution in [1.29, 1.82) is 5.26 Å². The van der Waals surface area contributed by atoms with Gasteiger partial charge in [-0.1, -0.05) is 24.3 Å². The van der Waals surface area contributed by atoms with E-state index >= 15 is 0 Å². The maximum Gasteiger partial charge on any atom is 0.0991 e. The molecule has 2 aromatic carbocycles. The van der Waals surface area contributed by atoms with Crippen molar-refractivity contribution >= 4 is 18.1 Å². The second kappa shape index (κ2) is 5.20. The average molecular weight is 231 g/mol. The first-order valence-electron chi connectivity index (χ1n) is 4.66. The molecule has 0 fully saturated rings. The van der Waals surface area contributed by atoms with Gasteiger partial charge in [-0.15, -0.1) is 12.4 Å². The van der Waals surface area contributed by atoms with Crippen molar-refractivity contribution in [3.63, 3.8) is 0 Å². The highest BCUT2D eigenvalue weighted by atomic mass is 35.5. The Labute approximate surface area is 101 Å². The summed E-state index contributed by atoms with van der Waals surface area (Å²) in [4.78, 5) is 0. The largest absolute Gasteiger partial charge is 0.399 e. The van der Waals surface area contributed by atoms with E-state index in [1.54, 1.807) is 0 Å². The summed E-state index contributed by atoms with van der Waals surface area (Å²) in [5.74, 6) is 0. The molecular weight excluding hydrogens is 220 g/mol. The number of hydrogen-bond donors (Lipinski definition) is 1. The first-order chi connectivity index (χ1) is 7.29. The third-order valence-corrected chi connectivity index (χ3v) is 2.26. The van der Waals surface area contributed by atoms with Crippen molar-refractivity contribution in [3.05, 3.63) is 54.1 Å². The van der Waals surface area contributed by atoms with E-state index < -0.39 is 0 Å². The van der Waals surface area contributed by atoms with Crippen LogP contribution in [0.3, 0.4) is 0 Å². The Hall–Kier alpha value is -1.98. The highest BCUT2D eigenvalue weighted by Crippen LogP contribution is 2.20. The molecule has 0 bridgehead atoms. The molecule has 0 heterocycles. The number of nitrogen functional groups attached to an aromatic ring is 1. The zero-order valence-corrected chi connectivity index (χ0v) is 9.37. The second-order valence-electron chi connectivity index (χ2n) is 3.31. The SMILES string of the molecule is Cl.N#Cc1ccc(-c2ccc(N)cc2)cc1. The van der Waals surface area contributed by atoms with Crippen LogP contribution in [-0.4, -0.2) is 0 Å². The van der Waals surface area contributed by atoms with Gasteiger partial charge in [0.2, 0.25) is 0 Å². The summed E-state index contributed by atoms with van der Waals surface area (Å²) in [5.41, 5.74) is 9.24. The summed E-state index contributed by atoms with van der Waals surface area (Å²) in [6.07, 6.45) is 0. The van der Waals surface area contributed by atoms with Gasteiger partial charge in [0, 0.05) is 5.69 Å². The smallest absolute Gasteiger partial charge is 0.0991 e. The molecule has 16 heavy (non-hydrogen) atoms.